The van der Waals surface area contributed by atoms with Crippen molar-refractivity contribution in [1.29, 1.82) is 0 Å². The van der Waals surface area contributed by atoms with Gasteiger partial charge in [-0.3, -0.25) is 4.79 Å². The smallest absolute Gasteiger partial charge is 0.220 e. The van der Waals surface area contributed by atoms with Gasteiger partial charge in [-0.2, -0.15) is 12.6 Å². The Balaban J connectivity index is 3.38. The van der Waals surface area contributed by atoms with Crippen molar-refractivity contribution < 1.29 is 4.79 Å². The topological polar surface area (TPSA) is 29.1 Å². The van der Waals surface area contributed by atoms with Crippen molar-refractivity contribution in [2.24, 2.45) is 0 Å². The van der Waals surface area contributed by atoms with Crippen LogP contribution in [0, 0.1) is 0 Å². The number of carbonyl (C=O) groups is 1. The Bertz CT molecular complexity index is 123. The largest absolute Gasteiger partial charge is 0.354 e. The van der Waals surface area contributed by atoms with Gasteiger partial charge in [0.15, 0.2) is 0 Å². The van der Waals surface area contributed by atoms with Gasteiger partial charge in [-0.1, -0.05) is 6.92 Å². The van der Waals surface area contributed by atoms with Crippen LogP contribution in [-0.4, -0.2) is 17.2 Å². The molecule has 0 bridgehead atoms. The summed E-state index contributed by atoms with van der Waals surface area (Å²) >= 11 is 4.18. The first-order valence-corrected chi connectivity index (χ1v) is 4.51. The summed E-state index contributed by atoms with van der Waals surface area (Å²) in [4.78, 5) is 11.0. The number of thiol groups is 1. The predicted molar refractivity (Wildman–Crippen MR) is 51.0 cm³/mol. The minimum atomic E-state index is 0.126. The van der Waals surface area contributed by atoms with E-state index in [0.29, 0.717) is 11.7 Å². The molecule has 0 aromatic rings. The highest BCUT2D eigenvalue weighted by atomic mass is 32.1. The van der Waals surface area contributed by atoms with E-state index in [9.17, 15) is 4.79 Å². The first-order valence-electron chi connectivity index (χ1n) is 3.99. The van der Waals surface area contributed by atoms with Gasteiger partial charge < -0.3 is 5.32 Å². The second kappa shape index (κ2) is 5.47. The molecule has 0 radical (unpaired) electrons. The summed E-state index contributed by atoms with van der Waals surface area (Å²) < 4.78 is 0. The van der Waals surface area contributed by atoms with Gasteiger partial charge in [-0.05, 0) is 25.5 Å². The normalized spacial score (nSPS) is 13.2. The Kier molecular flexibility index (Phi) is 5.38. The van der Waals surface area contributed by atoms with Crippen molar-refractivity contribution in [1.82, 2.24) is 5.32 Å². The number of carbonyl (C=O) groups excluding carboxylic acids is 1. The molecule has 1 N–H and O–H groups in total. The van der Waals surface area contributed by atoms with Gasteiger partial charge in [-0.15, -0.1) is 0 Å². The second-order valence-corrected chi connectivity index (χ2v) is 3.99. The molecule has 11 heavy (non-hydrogen) atoms. The number of rotatable bonds is 4. The first-order chi connectivity index (χ1) is 5.02. The van der Waals surface area contributed by atoms with E-state index in [1.807, 2.05) is 20.8 Å². The van der Waals surface area contributed by atoms with Gasteiger partial charge in [0.25, 0.3) is 0 Å². The highest BCUT2D eigenvalue weighted by molar-refractivity contribution is 7.80. The maximum atomic E-state index is 11.0. The lowest BCUT2D eigenvalue weighted by atomic mass is 10.2. The van der Waals surface area contributed by atoms with Crippen LogP contribution in [0.5, 0.6) is 0 Å². The molecule has 0 rings (SSSR count). The molecule has 1 unspecified atom stereocenters. The van der Waals surface area contributed by atoms with E-state index in [0.717, 1.165) is 6.42 Å². The highest BCUT2D eigenvalue weighted by Crippen LogP contribution is 2.02. The summed E-state index contributed by atoms with van der Waals surface area (Å²) in [5, 5.41) is 3.14. The Morgan fingerprint density at radius 2 is 2.00 bits per heavy atom. The summed E-state index contributed by atoms with van der Waals surface area (Å²) in [5.41, 5.74) is 0. The number of amides is 1. The third kappa shape index (κ3) is 7.72. The monoisotopic (exact) mass is 175 g/mol. The van der Waals surface area contributed by atoms with Crippen LogP contribution in [0.2, 0.25) is 0 Å². The van der Waals surface area contributed by atoms with Crippen LogP contribution in [-0.2, 0) is 4.79 Å². The van der Waals surface area contributed by atoms with Crippen molar-refractivity contribution in [3.8, 4) is 0 Å². The second-order valence-electron chi connectivity index (χ2n) is 3.11. The van der Waals surface area contributed by atoms with E-state index in [-0.39, 0.29) is 11.9 Å². The van der Waals surface area contributed by atoms with Gasteiger partial charge >= 0.3 is 0 Å². The van der Waals surface area contributed by atoms with E-state index in [1.165, 1.54) is 0 Å². The molecule has 0 spiro atoms. The summed E-state index contributed by atoms with van der Waals surface area (Å²) in [6.07, 6.45) is 1.44. The van der Waals surface area contributed by atoms with Crippen molar-refractivity contribution in [2.45, 2.75) is 44.9 Å². The number of hydrogen-bond acceptors (Lipinski definition) is 2. The van der Waals surface area contributed by atoms with Crippen LogP contribution in [0.4, 0.5) is 0 Å². The van der Waals surface area contributed by atoms with Crippen LogP contribution in [0.25, 0.3) is 0 Å². The average Bonchev–Trinajstić information content (AvgIpc) is 1.82. The molecule has 0 aliphatic rings. The van der Waals surface area contributed by atoms with Crippen LogP contribution in [0.3, 0.4) is 0 Å². The van der Waals surface area contributed by atoms with Gasteiger partial charge in [0.05, 0.1) is 0 Å². The molecule has 0 saturated carbocycles. The van der Waals surface area contributed by atoms with Gasteiger partial charge in [-0.25, -0.2) is 0 Å². The molecule has 0 aromatic carbocycles. The third-order valence-corrected chi connectivity index (χ3v) is 1.50. The zero-order valence-corrected chi connectivity index (χ0v) is 8.32. The van der Waals surface area contributed by atoms with E-state index < -0.39 is 0 Å². The molecule has 0 aromatic heterocycles. The van der Waals surface area contributed by atoms with Gasteiger partial charge in [0, 0.05) is 12.5 Å². The third-order valence-electron chi connectivity index (χ3n) is 1.24. The van der Waals surface area contributed by atoms with E-state index in [2.05, 4.69) is 17.9 Å². The molecule has 1 atom stereocenters. The van der Waals surface area contributed by atoms with E-state index >= 15 is 0 Å². The highest BCUT2D eigenvalue weighted by Gasteiger charge is 2.03. The van der Waals surface area contributed by atoms with Crippen molar-refractivity contribution >= 4 is 18.5 Å². The zero-order valence-electron chi connectivity index (χ0n) is 7.42. The lowest BCUT2D eigenvalue weighted by Gasteiger charge is -2.08. The standard InChI is InChI=1S/C8H17NOS/c1-6(2)9-8(10)5-4-7(3)11/h6-7,11H,4-5H2,1-3H3,(H,9,10). The van der Waals surface area contributed by atoms with Crippen molar-refractivity contribution in [2.75, 3.05) is 0 Å². The minimum Gasteiger partial charge on any atom is -0.354 e. The molecular weight excluding hydrogens is 158 g/mol. The fourth-order valence-electron chi connectivity index (χ4n) is 0.734. The molecular formula is C8H17NOS. The fourth-order valence-corrected chi connectivity index (χ4v) is 0.863. The van der Waals surface area contributed by atoms with Gasteiger partial charge in [0.1, 0.15) is 0 Å². The molecule has 3 heteroatoms. The number of hydrogen-bond donors (Lipinski definition) is 2. The maximum Gasteiger partial charge on any atom is 0.220 e. The van der Waals surface area contributed by atoms with Crippen LogP contribution >= 0.6 is 12.6 Å². The fraction of sp³-hybridized carbons (Fsp3) is 0.875. The summed E-state index contributed by atoms with van der Waals surface area (Å²) in [6.45, 7) is 5.91. The molecule has 0 heterocycles. The predicted octanol–water partition coefficient (Wildman–Crippen LogP) is 1.61. The van der Waals surface area contributed by atoms with E-state index in [1.54, 1.807) is 0 Å². The molecule has 1 amide bonds. The Labute approximate surface area is 74.2 Å². The average molecular weight is 175 g/mol. The SMILES string of the molecule is CC(S)CCC(=O)NC(C)C. The van der Waals surface area contributed by atoms with Gasteiger partial charge in [0.2, 0.25) is 5.91 Å². The van der Waals surface area contributed by atoms with Crippen molar-refractivity contribution in [3.05, 3.63) is 0 Å². The molecule has 0 saturated heterocycles. The Morgan fingerprint density at radius 3 is 2.36 bits per heavy atom. The summed E-state index contributed by atoms with van der Waals surface area (Å²) in [7, 11) is 0. The van der Waals surface area contributed by atoms with Crippen LogP contribution in [0.1, 0.15) is 33.6 Å². The Morgan fingerprint density at radius 1 is 1.45 bits per heavy atom. The zero-order chi connectivity index (χ0) is 8.85. The lowest BCUT2D eigenvalue weighted by Crippen LogP contribution is -2.30. The molecule has 0 aliphatic carbocycles. The molecule has 0 fully saturated rings. The molecule has 66 valence electrons. The van der Waals surface area contributed by atoms with Crippen molar-refractivity contribution in [3.63, 3.8) is 0 Å². The lowest BCUT2D eigenvalue weighted by molar-refractivity contribution is -0.121. The summed E-state index contributed by atoms with van der Waals surface area (Å²) in [5.74, 6) is 0.126. The van der Waals surface area contributed by atoms with Crippen LogP contribution < -0.4 is 5.32 Å². The summed E-state index contributed by atoms with van der Waals surface area (Å²) in [6, 6.07) is 0.248. The maximum absolute atomic E-state index is 11.0. The van der Waals surface area contributed by atoms with E-state index in [4.69, 9.17) is 0 Å². The quantitative estimate of drug-likeness (QED) is 0.624. The van der Waals surface area contributed by atoms with Crippen LogP contribution in [0.15, 0.2) is 0 Å². The molecule has 0 aliphatic heterocycles. The minimum absolute atomic E-state index is 0.126. The first kappa shape index (κ1) is 10.8. The Hall–Kier alpha value is -0.180. The molecule has 2 nitrogen and oxygen atoms in total. The number of nitrogens with one attached hydrogen (secondary N) is 1.